The van der Waals surface area contributed by atoms with Crippen LogP contribution in [0.3, 0.4) is 0 Å². The van der Waals surface area contributed by atoms with E-state index < -0.39 is 0 Å². The largest absolute Gasteiger partial charge is 0.497 e. The molecule has 176 valence electrons. The van der Waals surface area contributed by atoms with Crippen LogP contribution >= 0.6 is 11.3 Å². The van der Waals surface area contributed by atoms with Crippen molar-refractivity contribution in [3.05, 3.63) is 84.4 Å². The van der Waals surface area contributed by atoms with E-state index in [4.69, 9.17) is 14.7 Å². The van der Waals surface area contributed by atoms with Gasteiger partial charge >= 0.3 is 0 Å². The molecule has 0 aliphatic rings. The van der Waals surface area contributed by atoms with E-state index in [2.05, 4.69) is 4.90 Å². The van der Waals surface area contributed by atoms with Crippen molar-refractivity contribution in [3.63, 3.8) is 0 Å². The highest BCUT2D eigenvalue weighted by atomic mass is 32.1. The lowest BCUT2D eigenvalue weighted by molar-refractivity contribution is 0.0986. The Morgan fingerprint density at radius 3 is 2.43 bits per heavy atom. The van der Waals surface area contributed by atoms with Crippen LogP contribution in [0.25, 0.3) is 32.4 Å². The van der Waals surface area contributed by atoms with Crippen LogP contribution in [0, 0.1) is 0 Å². The van der Waals surface area contributed by atoms with Gasteiger partial charge in [-0.2, -0.15) is 0 Å². The Labute approximate surface area is 208 Å². The molecule has 6 nitrogen and oxygen atoms in total. The number of anilines is 1. The average Bonchev–Trinajstić information content (AvgIpc) is 3.31. The molecule has 0 unspecified atom stereocenters. The van der Waals surface area contributed by atoms with Gasteiger partial charge < -0.3 is 9.64 Å². The minimum Gasteiger partial charge on any atom is -0.497 e. The second-order valence-corrected chi connectivity index (χ2v) is 9.54. The SMILES string of the molecule is COc1ccc2sc(N(CCN(C)C)C(=O)c3cc(-c4ccccc4)nc4ccccc34)nc2c1. The van der Waals surface area contributed by atoms with E-state index in [0.29, 0.717) is 23.8 Å². The number of pyridine rings is 1. The maximum atomic E-state index is 14.2. The van der Waals surface area contributed by atoms with Crippen molar-refractivity contribution < 1.29 is 9.53 Å². The molecule has 35 heavy (non-hydrogen) atoms. The quantitative estimate of drug-likeness (QED) is 0.297. The van der Waals surface area contributed by atoms with Gasteiger partial charge in [0.15, 0.2) is 5.13 Å². The minimum absolute atomic E-state index is 0.0892. The summed E-state index contributed by atoms with van der Waals surface area (Å²) in [6.07, 6.45) is 0. The first kappa shape index (κ1) is 23.0. The molecule has 2 aromatic heterocycles. The molecule has 5 rings (SSSR count). The molecular weight excluding hydrogens is 456 g/mol. The fraction of sp³-hybridized carbons (Fsp3) is 0.179. The Morgan fingerprint density at radius 2 is 1.66 bits per heavy atom. The molecule has 3 aromatic carbocycles. The summed E-state index contributed by atoms with van der Waals surface area (Å²) in [7, 11) is 5.64. The molecule has 0 saturated heterocycles. The molecule has 0 saturated carbocycles. The molecular formula is C28H26N4O2S. The third-order valence-corrected chi connectivity index (χ3v) is 6.91. The number of thiazole rings is 1. The summed E-state index contributed by atoms with van der Waals surface area (Å²) in [6, 6.07) is 25.5. The standard InChI is InChI=1S/C28H26N4O2S/c1-31(2)15-16-32(28-30-25-17-20(34-3)13-14-26(25)35-28)27(33)22-18-24(19-9-5-4-6-10-19)29-23-12-8-7-11-21(22)23/h4-14,17-18H,15-16H2,1-3H3. The van der Waals surface area contributed by atoms with Crippen LogP contribution in [0.4, 0.5) is 5.13 Å². The van der Waals surface area contributed by atoms with Gasteiger partial charge in [-0.05, 0) is 38.4 Å². The number of hydrogen-bond acceptors (Lipinski definition) is 6. The zero-order chi connectivity index (χ0) is 24.4. The lowest BCUT2D eigenvalue weighted by atomic mass is 10.0. The monoisotopic (exact) mass is 482 g/mol. The van der Waals surface area contributed by atoms with E-state index in [0.717, 1.165) is 38.1 Å². The first-order chi connectivity index (χ1) is 17.0. The Kier molecular flexibility index (Phi) is 6.44. The smallest absolute Gasteiger partial charge is 0.260 e. The Hall–Kier alpha value is -3.81. The summed E-state index contributed by atoms with van der Waals surface area (Å²) in [5.41, 5.74) is 3.97. The third-order valence-electron chi connectivity index (χ3n) is 5.85. The lowest BCUT2D eigenvalue weighted by Crippen LogP contribution is -2.37. The highest BCUT2D eigenvalue weighted by molar-refractivity contribution is 7.22. The maximum absolute atomic E-state index is 14.2. The van der Waals surface area contributed by atoms with E-state index in [-0.39, 0.29) is 5.91 Å². The van der Waals surface area contributed by atoms with Crippen LogP contribution in [0.5, 0.6) is 5.75 Å². The summed E-state index contributed by atoms with van der Waals surface area (Å²) in [5.74, 6) is 0.654. The van der Waals surface area contributed by atoms with Gasteiger partial charge in [-0.1, -0.05) is 59.9 Å². The van der Waals surface area contributed by atoms with Gasteiger partial charge in [0.05, 0.1) is 34.1 Å². The molecule has 2 heterocycles. The van der Waals surface area contributed by atoms with Crippen molar-refractivity contribution in [1.29, 1.82) is 0 Å². The number of methoxy groups -OCH3 is 1. The third kappa shape index (κ3) is 4.73. The predicted octanol–water partition coefficient (Wildman–Crippen LogP) is 5.73. The number of aromatic nitrogens is 2. The summed E-state index contributed by atoms with van der Waals surface area (Å²) in [6.45, 7) is 1.22. The van der Waals surface area contributed by atoms with Gasteiger partial charge in [0.1, 0.15) is 5.75 Å². The Morgan fingerprint density at radius 1 is 0.886 bits per heavy atom. The molecule has 0 bridgehead atoms. The minimum atomic E-state index is -0.0892. The number of fused-ring (bicyclic) bond motifs is 2. The number of carbonyl (C=O) groups excluding carboxylic acids is 1. The number of amides is 1. The van der Waals surface area contributed by atoms with Crippen LogP contribution in [0.2, 0.25) is 0 Å². The number of rotatable bonds is 7. The lowest BCUT2D eigenvalue weighted by Gasteiger charge is -2.23. The molecule has 0 spiro atoms. The molecule has 0 atom stereocenters. The van der Waals surface area contributed by atoms with E-state index >= 15 is 0 Å². The second-order valence-electron chi connectivity index (χ2n) is 8.53. The number of nitrogens with zero attached hydrogens (tertiary/aromatic N) is 4. The van der Waals surface area contributed by atoms with Crippen LogP contribution in [0.1, 0.15) is 10.4 Å². The van der Waals surface area contributed by atoms with Crippen molar-refractivity contribution in [3.8, 4) is 17.0 Å². The van der Waals surface area contributed by atoms with Gasteiger partial charge in [-0.25, -0.2) is 9.97 Å². The number of carbonyl (C=O) groups is 1. The molecule has 1 amide bonds. The molecule has 7 heteroatoms. The normalized spacial score (nSPS) is 11.3. The van der Waals surface area contributed by atoms with Gasteiger partial charge in [-0.3, -0.25) is 9.69 Å². The fourth-order valence-electron chi connectivity index (χ4n) is 3.98. The zero-order valence-corrected chi connectivity index (χ0v) is 20.7. The molecule has 5 aromatic rings. The average molecular weight is 483 g/mol. The summed E-state index contributed by atoms with van der Waals surface area (Å²) in [5, 5.41) is 1.50. The number of para-hydroxylation sites is 1. The number of ether oxygens (including phenoxy) is 1. The number of likely N-dealkylation sites (N-methyl/N-ethyl adjacent to an activating group) is 1. The first-order valence-electron chi connectivity index (χ1n) is 11.4. The van der Waals surface area contributed by atoms with Gasteiger partial charge in [-0.15, -0.1) is 0 Å². The molecule has 0 N–H and O–H groups in total. The van der Waals surface area contributed by atoms with Crippen molar-refractivity contribution in [2.75, 3.05) is 39.2 Å². The number of hydrogen-bond donors (Lipinski definition) is 0. The van der Waals surface area contributed by atoms with Gasteiger partial charge in [0.2, 0.25) is 0 Å². The van der Waals surface area contributed by atoms with Gasteiger partial charge in [0, 0.05) is 30.1 Å². The molecule has 0 aliphatic heterocycles. The van der Waals surface area contributed by atoms with Crippen LogP contribution in [-0.2, 0) is 0 Å². The molecule has 0 fully saturated rings. The fourth-order valence-corrected chi connectivity index (χ4v) is 4.95. The highest BCUT2D eigenvalue weighted by Gasteiger charge is 2.24. The summed E-state index contributed by atoms with van der Waals surface area (Å²) >= 11 is 1.51. The predicted molar refractivity (Wildman–Crippen MR) is 144 cm³/mol. The Balaban J connectivity index is 1.63. The summed E-state index contributed by atoms with van der Waals surface area (Å²) in [4.78, 5) is 27.7. The van der Waals surface area contributed by atoms with Crippen molar-refractivity contribution in [2.24, 2.45) is 0 Å². The highest BCUT2D eigenvalue weighted by Crippen LogP contribution is 2.33. The van der Waals surface area contributed by atoms with E-state index in [1.54, 1.807) is 12.0 Å². The van der Waals surface area contributed by atoms with Crippen LogP contribution in [-0.4, -0.2) is 55.1 Å². The van der Waals surface area contributed by atoms with Crippen molar-refractivity contribution >= 4 is 43.5 Å². The van der Waals surface area contributed by atoms with Crippen LogP contribution < -0.4 is 9.64 Å². The summed E-state index contributed by atoms with van der Waals surface area (Å²) < 4.78 is 6.37. The van der Waals surface area contributed by atoms with E-state index in [1.165, 1.54) is 11.3 Å². The molecule has 0 aliphatic carbocycles. The number of benzene rings is 3. The Bertz CT molecular complexity index is 1500. The van der Waals surface area contributed by atoms with Crippen molar-refractivity contribution in [1.82, 2.24) is 14.9 Å². The molecule has 0 radical (unpaired) electrons. The van der Waals surface area contributed by atoms with Crippen LogP contribution in [0.15, 0.2) is 78.9 Å². The maximum Gasteiger partial charge on any atom is 0.260 e. The first-order valence-corrected chi connectivity index (χ1v) is 12.2. The zero-order valence-electron chi connectivity index (χ0n) is 19.9. The van der Waals surface area contributed by atoms with Gasteiger partial charge in [0.25, 0.3) is 5.91 Å². The van der Waals surface area contributed by atoms with E-state index in [1.807, 2.05) is 93.0 Å². The van der Waals surface area contributed by atoms with Crippen molar-refractivity contribution in [2.45, 2.75) is 0 Å². The van der Waals surface area contributed by atoms with E-state index in [9.17, 15) is 4.79 Å². The second kappa shape index (κ2) is 9.82. The topological polar surface area (TPSA) is 58.6 Å².